The third kappa shape index (κ3) is 3.81. The van der Waals surface area contributed by atoms with E-state index in [1.165, 1.54) is 6.07 Å². The van der Waals surface area contributed by atoms with Crippen LogP contribution in [0.2, 0.25) is 0 Å². The average molecular weight is 392 g/mol. The Morgan fingerprint density at radius 2 is 2.23 bits per heavy atom. The number of hydrogen-bond donors (Lipinski definition) is 0. The van der Waals surface area contributed by atoms with Crippen molar-refractivity contribution in [1.82, 2.24) is 4.90 Å². The van der Waals surface area contributed by atoms with E-state index >= 15 is 0 Å². The third-order valence-electron chi connectivity index (χ3n) is 3.05. The van der Waals surface area contributed by atoms with Crippen LogP contribution in [0.3, 0.4) is 0 Å². The molecular weight excluding hydrogens is 378 g/mol. The number of terminal acetylenes is 1. The molecule has 1 aromatic carbocycles. The number of halogens is 2. The topological polar surface area (TPSA) is 12.5 Å². The summed E-state index contributed by atoms with van der Waals surface area (Å²) in [5, 5.41) is 0.475. The molecule has 0 unspecified atom stereocenters. The van der Waals surface area contributed by atoms with Gasteiger partial charge in [-0.25, -0.2) is 4.39 Å². The second-order valence-electron chi connectivity index (χ2n) is 4.28. The molecule has 0 aliphatic carbocycles. The van der Waals surface area contributed by atoms with Crippen LogP contribution in [0.1, 0.15) is 12.5 Å². The van der Waals surface area contributed by atoms with Gasteiger partial charge in [-0.15, -0.1) is 6.42 Å². The quantitative estimate of drug-likeness (QED) is 0.569. The minimum atomic E-state index is -0.412. The second-order valence-corrected chi connectivity index (χ2v) is 4.69. The molecule has 0 bridgehead atoms. The Labute approximate surface area is 160 Å². The Morgan fingerprint density at radius 3 is 2.86 bits per heavy atom. The summed E-state index contributed by atoms with van der Waals surface area (Å²) < 4.78 is 19.7. The molecule has 5 heteroatoms. The monoisotopic (exact) mass is 391 g/mol. The van der Waals surface area contributed by atoms with Crippen molar-refractivity contribution in [3.05, 3.63) is 59.0 Å². The number of allylic oxidation sites excluding steroid dienone is 3. The normalized spacial score (nSPS) is 13.7. The van der Waals surface area contributed by atoms with Crippen LogP contribution in [0.25, 0.3) is 5.70 Å². The molecular formula is C17H14ClFNOY-. The van der Waals surface area contributed by atoms with Crippen molar-refractivity contribution in [2.45, 2.75) is 6.92 Å². The van der Waals surface area contributed by atoms with Gasteiger partial charge in [0.05, 0.1) is 11.6 Å². The first-order chi connectivity index (χ1) is 10.1. The van der Waals surface area contributed by atoms with Crippen LogP contribution in [0.4, 0.5) is 4.39 Å². The zero-order chi connectivity index (χ0) is 15.4. The Morgan fingerprint density at radius 1 is 1.50 bits per heavy atom. The van der Waals surface area contributed by atoms with E-state index in [1.807, 2.05) is 6.92 Å². The molecule has 0 aromatic heterocycles. The summed E-state index contributed by atoms with van der Waals surface area (Å²) in [7, 11) is 0. The Hall–Kier alpha value is -1.08. The summed E-state index contributed by atoms with van der Waals surface area (Å²) in [5.41, 5.74) is 1.42. The Kier molecular flexibility index (Phi) is 7.35. The predicted octanol–water partition coefficient (Wildman–Crippen LogP) is 3.95. The number of ether oxygens (including phenoxy) is 1. The first-order valence-electron chi connectivity index (χ1n) is 6.41. The minimum absolute atomic E-state index is 0. The Bertz CT molecular complexity index is 676. The van der Waals surface area contributed by atoms with Crippen molar-refractivity contribution in [1.29, 1.82) is 0 Å². The van der Waals surface area contributed by atoms with Gasteiger partial charge in [-0.1, -0.05) is 24.3 Å². The van der Waals surface area contributed by atoms with Crippen molar-refractivity contribution < 1.29 is 41.8 Å². The zero-order valence-electron chi connectivity index (χ0n) is 12.2. The fourth-order valence-electron chi connectivity index (χ4n) is 2.09. The first-order valence-corrected chi connectivity index (χ1v) is 6.79. The molecule has 0 atom stereocenters. The molecule has 2 rings (SSSR count). The Balaban J connectivity index is 0.00000242. The van der Waals surface area contributed by atoms with Gasteiger partial charge < -0.3 is 9.64 Å². The first kappa shape index (κ1) is 19.0. The van der Waals surface area contributed by atoms with Crippen LogP contribution in [-0.4, -0.2) is 18.1 Å². The van der Waals surface area contributed by atoms with E-state index < -0.39 is 5.82 Å². The molecule has 0 spiro atoms. The summed E-state index contributed by atoms with van der Waals surface area (Å²) in [5.74, 6) is 2.32. The minimum Gasteiger partial charge on any atom is -0.493 e. The second kappa shape index (κ2) is 8.53. The standard InChI is InChI=1S/C17H14ClFNO.Y/c1-4-11-21-16-8-6-7-14(19)17(16)15-10-9-13(18)12(3)20(15)5-2;/h1,6-9H,3,5,11H2,2H3;/q-1;. The van der Waals surface area contributed by atoms with E-state index in [0.717, 1.165) is 0 Å². The van der Waals surface area contributed by atoms with E-state index in [-0.39, 0.29) is 39.3 Å². The maximum Gasteiger partial charge on any atom is 0.147 e. The van der Waals surface area contributed by atoms with Crippen LogP contribution in [0, 0.1) is 24.2 Å². The SMILES string of the molecule is C#CCOc1cccc(F)c1C1=[C-]C=C(Cl)C(=C)N1CC.[Y]. The van der Waals surface area contributed by atoms with E-state index in [4.69, 9.17) is 22.8 Å². The van der Waals surface area contributed by atoms with Crippen LogP contribution >= 0.6 is 11.6 Å². The summed E-state index contributed by atoms with van der Waals surface area (Å²) in [6.45, 7) is 6.48. The summed E-state index contributed by atoms with van der Waals surface area (Å²) in [6, 6.07) is 4.60. The smallest absolute Gasteiger partial charge is 0.147 e. The molecule has 0 saturated carbocycles. The predicted molar refractivity (Wildman–Crippen MR) is 82.8 cm³/mol. The summed E-state index contributed by atoms with van der Waals surface area (Å²) in [6.07, 6.45) is 9.76. The molecule has 1 heterocycles. The van der Waals surface area contributed by atoms with E-state index in [2.05, 4.69) is 18.6 Å². The molecule has 22 heavy (non-hydrogen) atoms. The number of rotatable bonds is 4. The molecule has 0 N–H and O–H groups in total. The molecule has 0 fully saturated rings. The van der Waals surface area contributed by atoms with Gasteiger partial charge in [0.1, 0.15) is 6.61 Å². The maximum absolute atomic E-state index is 14.3. The van der Waals surface area contributed by atoms with Crippen molar-refractivity contribution >= 4 is 17.3 Å². The molecule has 1 radical (unpaired) electrons. The fourth-order valence-corrected chi connectivity index (χ4v) is 2.24. The molecule has 1 aliphatic heterocycles. The van der Waals surface area contributed by atoms with Gasteiger partial charge in [-0.3, -0.25) is 0 Å². The van der Waals surface area contributed by atoms with Gasteiger partial charge in [-0.2, -0.15) is 23.8 Å². The summed E-state index contributed by atoms with van der Waals surface area (Å²) in [4.78, 5) is 1.78. The van der Waals surface area contributed by atoms with Gasteiger partial charge in [-0.05, 0) is 35.3 Å². The van der Waals surface area contributed by atoms with Gasteiger partial charge in [0.2, 0.25) is 0 Å². The van der Waals surface area contributed by atoms with Crippen molar-refractivity contribution in [3.8, 4) is 18.1 Å². The molecule has 1 aliphatic rings. The van der Waals surface area contributed by atoms with Crippen LogP contribution < -0.4 is 4.74 Å². The van der Waals surface area contributed by atoms with E-state index in [1.54, 1.807) is 23.1 Å². The van der Waals surface area contributed by atoms with Crippen LogP contribution in [0.15, 0.2) is 41.6 Å². The largest absolute Gasteiger partial charge is 0.493 e. The maximum atomic E-state index is 14.3. The van der Waals surface area contributed by atoms with Gasteiger partial charge in [0.25, 0.3) is 0 Å². The number of benzene rings is 1. The van der Waals surface area contributed by atoms with E-state index in [9.17, 15) is 4.39 Å². The number of hydrogen-bond acceptors (Lipinski definition) is 2. The number of nitrogens with zero attached hydrogens (tertiary/aromatic N) is 1. The summed E-state index contributed by atoms with van der Waals surface area (Å²) >= 11 is 6.05. The number of likely N-dealkylation sites (N-methyl/N-ethyl adjacent to an activating group) is 1. The molecule has 1 aromatic rings. The van der Waals surface area contributed by atoms with Crippen molar-refractivity contribution in [3.63, 3.8) is 0 Å². The molecule has 0 saturated heterocycles. The zero-order valence-corrected chi connectivity index (χ0v) is 15.8. The van der Waals surface area contributed by atoms with Crippen molar-refractivity contribution in [2.24, 2.45) is 0 Å². The third-order valence-corrected chi connectivity index (χ3v) is 3.37. The molecule has 0 amide bonds. The van der Waals surface area contributed by atoms with E-state index in [0.29, 0.717) is 34.3 Å². The van der Waals surface area contributed by atoms with Crippen molar-refractivity contribution in [2.75, 3.05) is 13.2 Å². The average Bonchev–Trinajstić information content (AvgIpc) is 2.48. The van der Waals surface area contributed by atoms with Gasteiger partial charge >= 0.3 is 0 Å². The molecule has 2 nitrogen and oxygen atoms in total. The van der Waals surface area contributed by atoms with Gasteiger partial charge in [0.15, 0.2) is 0 Å². The van der Waals surface area contributed by atoms with Crippen LogP contribution in [0.5, 0.6) is 5.75 Å². The fraction of sp³-hybridized carbons (Fsp3) is 0.176. The molecule has 111 valence electrons. The van der Waals surface area contributed by atoms with Crippen LogP contribution in [-0.2, 0) is 32.7 Å². The van der Waals surface area contributed by atoms with Gasteiger partial charge in [0, 0.05) is 39.3 Å².